The van der Waals surface area contributed by atoms with Crippen molar-refractivity contribution in [2.45, 2.75) is 26.8 Å². The summed E-state index contributed by atoms with van der Waals surface area (Å²) in [6, 6.07) is 5.57. The average Bonchev–Trinajstić information content (AvgIpc) is 2.36. The number of rotatable bonds is 5. The summed E-state index contributed by atoms with van der Waals surface area (Å²) in [4.78, 5) is 22.7. The molecule has 4 nitrogen and oxygen atoms in total. The molecule has 2 N–H and O–H groups in total. The van der Waals surface area contributed by atoms with Crippen LogP contribution in [-0.2, 0) is 9.59 Å². The second-order valence-corrected chi connectivity index (χ2v) is 4.70. The van der Waals surface area contributed by atoms with E-state index in [0.717, 1.165) is 0 Å². The highest BCUT2D eigenvalue weighted by Gasteiger charge is 2.26. The molecule has 0 fully saturated rings. The van der Waals surface area contributed by atoms with Gasteiger partial charge in [-0.1, -0.05) is 26.0 Å². The topological polar surface area (TPSA) is 66.4 Å². The first-order chi connectivity index (χ1) is 8.82. The summed E-state index contributed by atoms with van der Waals surface area (Å²) in [7, 11) is 0. The highest BCUT2D eigenvalue weighted by molar-refractivity contribution is 5.84. The van der Waals surface area contributed by atoms with Crippen LogP contribution in [0, 0.1) is 17.7 Å². The Morgan fingerprint density at radius 3 is 2.37 bits per heavy atom. The number of nitrogens with one attached hydrogen (secondary N) is 1. The van der Waals surface area contributed by atoms with Crippen LogP contribution in [-0.4, -0.2) is 17.0 Å². The molecule has 0 aromatic heterocycles. The first-order valence-electron chi connectivity index (χ1n) is 6.11. The van der Waals surface area contributed by atoms with Gasteiger partial charge in [-0.2, -0.15) is 0 Å². The van der Waals surface area contributed by atoms with E-state index < -0.39 is 17.8 Å². The predicted molar refractivity (Wildman–Crippen MR) is 68.9 cm³/mol. The van der Waals surface area contributed by atoms with Crippen molar-refractivity contribution in [3.63, 3.8) is 0 Å². The van der Waals surface area contributed by atoms with E-state index in [0.29, 0.717) is 5.56 Å². The van der Waals surface area contributed by atoms with Crippen LogP contribution in [0.2, 0.25) is 0 Å². The van der Waals surface area contributed by atoms with Gasteiger partial charge in [0.25, 0.3) is 0 Å². The largest absolute Gasteiger partial charge is 0.481 e. The van der Waals surface area contributed by atoms with Gasteiger partial charge in [-0.05, 0) is 24.6 Å². The molecule has 1 amide bonds. The minimum absolute atomic E-state index is 0.355. The first-order valence-corrected chi connectivity index (χ1v) is 6.11. The summed E-state index contributed by atoms with van der Waals surface area (Å²) in [5.74, 6) is -3.15. The van der Waals surface area contributed by atoms with Gasteiger partial charge in [-0.25, -0.2) is 4.39 Å². The van der Waals surface area contributed by atoms with E-state index in [1.54, 1.807) is 26.0 Å². The normalized spacial score (nSPS) is 15.4. The van der Waals surface area contributed by atoms with Crippen molar-refractivity contribution in [1.82, 2.24) is 5.32 Å². The van der Waals surface area contributed by atoms with Crippen LogP contribution < -0.4 is 5.32 Å². The molecule has 0 saturated carbocycles. The molecular formula is C14H18FNO3. The summed E-state index contributed by atoms with van der Waals surface area (Å²) in [6.45, 7) is 4.77. The van der Waals surface area contributed by atoms with Gasteiger partial charge in [-0.15, -0.1) is 0 Å². The summed E-state index contributed by atoms with van der Waals surface area (Å²) in [6.07, 6.45) is 0. The minimum atomic E-state index is -1.01. The summed E-state index contributed by atoms with van der Waals surface area (Å²) in [5.41, 5.74) is 0.642. The number of amides is 1. The Balaban J connectivity index is 2.69. The zero-order chi connectivity index (χ0) is 14.6. The predicted octanol–water partition coefficient (Wildman–Crippen LogP) is 2.36. The van der Waals surface area contributed by atoms with Crippen molar-refractivity contribution in [1.29, 1.82) is 0 Å². The van der Waals surface area contributed by atoms with Crippen LogP contribution in [0.5, 0.6) is 0 Å². The van der Waals surface area contributed by atoms with Gasteiger partial charge in [-0.3, -0.25) is 9.59 Å². The smallest absolute Gasteiger partial charge is 0.307 e. The number of halogens is 1. The lowest BCUT2D eigenvalue weighted by Gasteiger charge is -2.20. The molecule has 5 heteroatoms. The van der Waals surface area contributed by atoms with E-state index in [9.17, 15) is 14.0 Å². The van der Waals surface area contributed by atoms with Crippen molar-refractivity contribution in [2.24, 2.45) is 11.8 Å². The molecular weight excluding hydrogens is 249 g/mol. The lowest BCUT2D eigenvalue weighted by atomic mass is 9.94. The number of benzene rings is 1. The van der Waals surface area contributed by atoms with Crippen LogP contribution in [0.15, 0.2) is 24.3 Å². The van der Waals surface area contributed by atoms with Crippen LogP contribution >= 0.6 is 0 Å². The Morgan fingerprint density at radius 2 is 1.84 bits per heavy atom. The van der Waals surface area contributed by atoms with Crippen molar-refractivity contribution >= 4 is 11.9 Å². The summed E-state index contributed by atoms with van der Waals surface area (Å²) in [5, 5.41) is 11.5. The number of carboxylic acid groups (broad SMARTS) is 1. The third kappa shape index (κ3) is 4.05. The fourth-order valence-electron chi connectivity index (χ4n) is 1.65. The van der Waals surface area contributed by atoms with Gasteiger partial charge in [0.05, 0.1) is 12.0 Å². The number of hydrogen-bond acceptors (Lipinski definition) is 2. The van der Waals surface area contributed by atoms with Gasteiger partial charge in [0.1, 0.15) is 5.82 Å². The van der Waals surface area contributed by atoms with Gasteiger partial charge in [0.2, 0.25) is 5.91 Å². The number of carbonyl (C=O) groups excluding carboxylic acids is 1. The maximum Gasteiger partial charge on any atom is 0.307 e. The Labute approximate surface area is 111 Å². The lowest BCUT2D eigenvalue weighted by molar-refractivity contribution is -0.146. The second kappa shape index (κ2) is 6.31. The number of carbonyl (C=O) groups is 2. The van der Waals surface area contributed by atoms with Crippen molar-refractivity contribution in [3.8, 4) is 0 Å². The Bertz CT molecular complexity index is 476. The van der Waals surface area contributed by atoms with Crippen molar-refractivity contribution in [2.75, 3.05) is 0 Å². The molecule has 0 aliphatic heterocycles. The highest BCUT2D eigenvalue weighted by atomic mass is 19.1. The van der Waals surface area contributed by atoms with E-state index in [4.69, 9.17) is 5.11 Å². The average molecular weight is 267 g/mol. The molecule has 0 spiro atoms. The summed E-state index contributed by atoms with van der Waals surface area (Å²) >= 11 is 0. The molecule has 1 rings (SSSR count). The summed E-state index contributed by atoms with van der Waals surface area (Å²) < 4.78 is 13.1. The monoisotopic (exact) mass is 267 g/mol. The van der Waals surface area contributed by atoms with Gasteiger partial charge < -0.3 is 10.4 Å². The van der Waals surface area contributed by atoms with E-state index in [2.05, 4.69) is 5.32 Å². The minimum Gasteiger partial charge on any atom is -0.481 e. The molecule has 104 valence electrons. The molecule has 0 heterocycles. The van der Waals surface area contributed by atoms with Crippen LogP contribution in [0.25, 0.3) is 0 Å². The number of carboxylic acids is 1. The third-order valence-corrected chi connectivity index (χ3v) is 3.26. The maximum atomic E-state index is 13.1. The Hall–Kier alpha value is -1.91. The Kier molecular flexibility index (Phi) is 5.03. The zero-order valence-corrected chi connectivity index (χ0v) is 11.2. The maximum absolute atomic E-state index is 13.1. The van der Waals surface area contributed by atoms with E-state index in [1.165, 1.54) is 19.1 Å². The molecule has 1 aromatic rings. The van der Waals surface area contributed by atoms with Crippen LogP contribution in [0.4, 0.5) is 4.39 Å². The molecule has 2 unspecified atom stereocenters. The molecule has 3 atom stereocenters. The fourth-order valence-corrected chi connectivity index (χ4v) is 1.65. The zero-order valence-electron chi connectivity index (χ0n) is 11.2. The fraction of sp³-hybridized carbons (Fsp3) is 0.429. The van der Waals surface area contributed by atoms with E-state index in [1.807, 2.05) is 0 Å². The molecule has 0 bridgehead atoms. The van der Waals surface area contributed by atoms with Gasteiger partial charge >= 0.3 is 5.97 Å². The van der Waals surface area contributed by atoms with Gasteiger partial charge in [0.15, 0.2) is 0 Å². The van der Waals surface area contributed by atoms with Crippen LogP contribution in [0.1, 0.15) is 32.4 Å². The molecule has 19 heavy (non-hydrogen) atoms. The first kappa shape index (κ1) is 15.1. The van der Waals surface area contributed by atoms with Gasteiger partial charge in [0, 0.05) is 5.92 Å². The number of hydrogen-bond donors (Lipinski definition) is 2. The van der Waals surface area contributed by atoms with Crippen LogP contribution in [0.3, 0.4) is 0 Å². The van der Waals surface area contributed by atoms with Crippen molar-refractivity contribution < 1.29 is 19.1 Å². The third-order valence-electron chi connectivity index (χ3n) is 3.26. The second-order valence-electron chi connectivity index (χ2n) is 4.70. The standard InChI is InChI=1S/C14H18FNO3/c1-8(9(2)14(18)19)13(17)16-10(3)11-5-4-6-12(15)7-11/h4-10H,1-3H3,(H,16,17)(H,18,19)/t8?,9?,10-/m0/s1. The molecule has 0 radical (unpaired) electrons. The SMILES string of the molecule is CC(C(=O)O)C(C)C(=O)N[C@@H](C)c1cccc(F)c1. The molecule has 0 aliphatic rings. The molecule has 1 aromatic carbocycles. The Morgan fingerprint density at radius 1 is 1.21 bits per heavy atom. The van der Waals surface area contributed by atoms with E-state index >= 15 is 0 Å². The quantitative estimate of drug-likeness (QED) is 0.860. The molecule has 0 aliphatic carbocycles. The number of aliphatic carboxylic acids is 1. The molecule has 0 saturated heterocycles. The lowest BCUT2D eigenvalue weighted by Crippen LogP contribution is -2.36. The highest BCUT2D eigenvalue weighted by Crippen LogP contribution is 2.16. The van der Waals surface area contributed by atoms with Crippen molar-refractivity contribution in [3.05, 3.63) is 35.6 Å². The van der Waals surface area contributed by atoms with E-state index in [-0.39, 0.29) is 17.8 Å².